The van der Waals surface area contributed by atoms with E-state index in [4.69, 9.17) is 4.42 Å². The zero-order valence-corrected chi connectivity index (χ0v) is 18.4. The van der Waals surface area contributed by atoms with Crippen molar-refractivity contribution in [2.75, 3.05) is 13.1 Å². The van der Waals surface area contributed by atoms with Crippen LogP contribution in [0, 0.1) is 0 Å². The second-order valence-electron chi connectivity index (χ2n) is 7.74. The van der Waals surface area contributed by atoms with Crippen molar-refractivity contribution in [3.63, 3.8) is 0 Å². The average molecular weight is 422 g/mol. The monoisotopic (exact) mass is 421 g/mol. The van der Waals surface area contributed by atoms with Gasteiger partial charge < -0.3 is 18.8 Å². The Bertz CT molecular complexity index is 948. The van der Waals surface area contributed by atoms with Crippen molar-refractivity contribution in [3.8, 4) is 0 Å². The highest BCUT2D eigenvalue weighted by atomic mass is 16.3. The van der Waals surface area contributed by atoms with Crippen LogP contribution in [0.5, 0.6) is 0 Å². The van der Waals surface area contributed by atoms with Gasteiger partial charge in [-0.2, -0.15) is 0 Å². The summed E-state index contributed by atoms with van der Waals surface area (Å²) in [6, 6.07) is 17.6. The first kappa shape index (κ1) is 22.4. The van der Waals surface area contributed by atoms with E-state index in [-0.39, 0.29) is 18.4 Å². The van der Waals surface area contributed by atoms with Gasteiger partial charge in [0.25, 0.3) is 0 Å². The number of rotatable bonds is 11. The smallest absolute Gasteiger partial charge is 0.242 e. The molecule has 3 aromatic rings. The molecule has 0 radical (unpaired) electrons. The third kappa shape index (κ3) is 6.60. The number of hydrogen-bond donors (Lipinski definition) is 0. The molecule has 164 valence electrons. The molecule has 0 N–H and O–H groups in total. The average Bonchev–Trinajstić information content (AvgIpc) is 3.44. The standard InChI is InChI=1S/C25H31N3O3/c1-3-15-27(24(29)14-13-21-9-5-4-6-10-21)20-25(30)28(19-23-12-8-17-31-23)18-22-11-7-16-26(22)2/h4-12,16-17H,3,13-15,18-20H2,1-2H3. The predicted molar refractivity (Wildman–Crippen MR) is 120 cm³/mol. The van der Waals surface area contributed by atoms with Crippen molar-refractivity contribution in [1.29, 1.82) is 0 Å². The summed E-state index contributed by atoms with van der Waals surface area (Å²) in [6.45, 7) is 3.49. The van der Waals surface area contributed by atoms with E-state index in [1.54, 1.807) is 16.1 Å². The van der Waals surface area contributed by atoms with Gasteiger partial charge in [0.15, 0.2) is 0 Å². The highest BCUT2D eigenvalue weighted by molar-refractivity contribution is 5.85. The summed E-state index contributed by atoms with van der Waals surface area (Å²) in [4.78, 5) is 29.6. The maximum atomic E-state index is 13.3. The van der Waals surface area contributed by atoms with Gasteiger partial charge in [0.1, 0.15) is 5.76 Å². The molecule has 0 saturated carbocycles. The number of hydrogen-bond acceptors (Lipinski definition) is 3. The largest absolute Gasteiger partial charge is 0.467 e. The van der Waals surface area contributed by atoms with Crippen molar-refractivity contribution in [2.24, 2.45) is 7.05 Å². The summed E-state index contributed by atoms with van der Waals surface area (Å²) in [7, 11) is 1.96. The molecule has 1 aromatic carbocycles. The minimum Gasteiger partial charge on any atom is -0.467 e. The maximum Gasteiger partial charge on any atom is 0.242 e. The number of aryl methyl sites for hydroxylation is 2. The molecule has 31 heavy (non-hydrogen) atoms. The highest BCUT2D eigenvalue weighted by Gasteiger charge is 2.22. The minimum absolute atomic E-state index is 0.0101. The minimum atomic E-state index is -0.0842. The zero-order valence-electron chi connectivity index (χ0n) is 18.4. The van der Waals surface area contributed by atoms with E-state index < -0.39 is 0 Å². The third-order valence-corrected chi connectivity index (χ3v) is 5.33. The van der Waals surface area contributed by atoms with Gasteiger partial charge in [0.2, 0.25) is 11.8 Å². The van der Waals surface area contributed by atoms with Crippen LogP contribution < -0.4 is 0 Å². The lowest BCUT2D eigenvalue weighted by molar-refractivity contribution is -0.141. The molecule has 0 aliphatic carbocycles. The van der Waals surface area contributed by atoms with Crippen LogP contribution in [0.3, 0.4) is 0 Å². The molecule has 6 nitrogen and oxygen atoms in total. The molecule has 2 heterocycles. The van der Waals surface area contributed by atoms with Gasteiger partial charge in [-0.15, -0.1) is 0 Å². The Balaban J connectivity index is 1.67. The van der Waals surface area contributed by atoms with Gasteiger partial charge in [0.05, 0.1) is 25.9 Å². The molecule has 0 spiro atoms. The molecule has 0 saturated heterocycles. The van der Waals surface area contributed by atoms with Crippen LogP contribution >= 0.6 is 0 Å². The Hall–Kier alpha value is -3.28. The molecule has 0 aliphatic heterocycles. The van der Waals surface area contributed by atoms with Crippen LogP contribution in [-0.4, -0.2) is 39.3 Å². The van der Waals surface area contributed by atoms with Crippen molar-refractivity contribution in [2.45, 2.75) is 39.3 Å². The lowest BCUT2D eigenvalue weighted by atomic mass is 10.1. The van der Waals surface area contributed by atoms with Crippen LogP contribution in [0.1, 0.15) is 36.8 Å². The first-order valence-electron chi connectivity index (χ1n) is 10.8. The van der Waals surface area contributed by atoms with Gasteiger partial charge in [-0.1, -0.05) is 37.3 Å². The summed E-state index contributed by atoms with van der Waals surface area (Å²) in [5, 5.41) is 0. The fraction of sp³-hybridized carbons (Fsp3) is 0.360. The van der Waals surface area contributed by atoms with E-state index in [1.807, 2.05) is 79.3 Å². The Labute approximate surface area is 184 Å². The van der Waals surface area contributed by atoms with E-state index in [0.29, 0.717) is 32.5 Å². The van der Waals surface area contributed by atoms with E-state index >= 15 is 0 Å². The van der Waals surface area contributed by atoms with Crippen molar-refractivity contribution in [1.82, 2.24) is 14.4 Å². The molecular weight excluding hydrogens is 390 g/mol. The summed E-state index contributed by atoms with van der Waals surface area (Å²) in [5.41, 5.74) is 2.15. The Morgan fingerprint density at radius 3 is 2.39 bits per heavy atom. The normalized spacial score (nSPS) is 10.8. The van der Waals surface area contributed by atoms with Gasteiger partial charge in [-0.3, -0.25) is 9.59 Å². The molecule has 2 aromatic heterocycles. The topological polar surface area (TPSA) is 58.7 Å². The van der Waals surface area contributed by atoms with Gasteiger partial charge in [-0.25, -0.2) is 0 Å². The van der Waals surface area contributed by atoms with Crippen molar-refractivity contribution < 1.29 is 14.0 Å². The van der Waals surface area contributed by atoms with Gasteiger partial charge in [-0.05, 0) is 42.7 Å². The summed E-state index contributed by atoms with van der Waals surface area (Å²) in [5.74, 6) is 0.648. The lowest BCUT2D eigenvalue weighted by Gasteiger charge is -2.27. The SMILES string of the molecule is CCCN(CC(=O)N(Cc1ccco1)Cc1cccn1C)C(=O)CCc1ccccc1. The Kier molecular flexibility index (Phi) is 8.10. The van der Waals surface area contributed by atoms with Gasteiger partial charge >= 0.3 is 0 Å². The number of carbonyl (C=O) groups excluding carboxylic acids is 2. The molecule has 2 amide bonds. The number of nitrogens with zero attached hydrogens (tertiary/aromatic N) is 3. The lowest BCUT2D eigenvalue weighted by Crippen LogP contribution is -2.43. The summed E-state index contributed by atoms with van der Waals surface area (Å²) < 4.78 is 7.47. The Morgan fingerprint density at radius 1 is 0.935 bits per heavy atom. The predicted octanol–water partition coefficient (Wildman–Crippen LogP) is 4.02. The van der Waals surface area contributed by atoms with E-state index in [2.05, 4.69) is 0 Å². The Morgan fingerprint density at radius 2 is 1.74 bits per heavy atom. The van der Waals surface area contributed by atoms with Gasteiger partial charge in [0, 0.05) is 31.9 Å². The van der Waals surface area contributed by atoms with E-state index in [0.717, 1.165) is 23.4 Å². The molecular formula is C25H31N3O3. The fourth-order valence-corrected chi connectivity index (χ4v) is 3.56. The zero-order chi connectivity index (χ0) is 22.1. The molecule has 0 aliphatic rings. The van der Waals surface area contributed by atoms with Crippen LogP contribution in [0.15, 0.2) is 71.5 Å². The van der Waals surface area contributed by atoms with Crippen LogP contribution in [0.25, 0.3) is 0 Å². The quantitative estimate of drug-likeness (QED) is 0.470. The molecule has 0 unspecified atom stereocenters. The first-order chi connectivity index (χ1) is 15.1. The summed E-state index contributed by atoms with van der Waals surface area (Å²) in [6.07, 6.45) is 5.44. The number of amides is 2. The molecule has 0 atom stereocenters. The molecule has 0 fully saturated rings. The first-order valence-corrected chi connectivity index (χ1v) is 10.8. The fourth-order valence-electron chi connectivity index (χ4n) is 3.56. The van der Waals surface area contributed by atoms with Crippen molar-refractivity contribution in [3.05, 3.63) is 84.1 Å². The summed E-state index contributed by atoms with van der Waals surface area (Å²) >= 11 is 0. The molecule has 6 heteroatoms. The molecule has 3 rings (SSSR count). The van der Waals surface area contributed by atoms with E-state index in [1.165, 1.54) is 0 Å². The number of furan rings is 1. The number of carbonyl (C=O) groups is 2. The van der Waals surface area contributed by atoms with Crippen LogP contribution in [0.4, 0.5) is 0 Å². The molecule has 0 bridgehead atoms. The number of aromatic nitrogens is 1. The van der Waals surface area contributed by atoms with Crippen molar-refractivity contribution >= 4 is 11.8 Å². The van der Waals surface area contributed by atoms with Crippen LogP contribution in [-0.2, 0) is 36.1 Å². The second-order valence-corrected chi connectivity index (χ2v) is 7.74. The van der Waals surface area contributed by atoms with E-state index in [9.17, 15) is 9.59 Å². The number of benzene rings is 1. The third-order valence-electron chi connectivity index (χ3n) is 5.33. The second kappa shape index (κ2) is 11.2. The van der Waals surface area contributed by atoms with Crippen LogP contribution in [0.2, 0.25) is 0 Å². The highest BCUT2D eigenvalue weighted by Crippen LogP contribution is 2.13. The maximum absolute atomic E-state index is 13.3.